The highest BCUT2D eigenvalue weighted by Gasteiger charge is 2.18. The number of ether oxygens (including phenoxy) is 2. The lowest BCUT2D eigenvalue weighted by Gasteiger charge is -2.20. The normalized spacial score (nSPS) is 14.6. The van der Waals surface area contributed by atoms with Crippen LogP contribution < -0.4 is 15.2 Å². The molecule has 2 aliphatic rings. The summed E-state index contributed by atoms with van der Waals surface area (Å²) in [6, 6.07) is 18.7. The number of hydrogen-bond donors (Lipinski definition) is 1. The Balaban J connectivity index is 0.000000181. The summed E-state index contributed by atoms with van der Waals surface area (Å²) in [5.74, 6) is -0.560. The summed E-state index contributed by atoms with van der Waals surface area (Å²) in [5, 5.41) is 0. The number of aryl methyl sites for hydroxylation is 1. The third-order valence-corrected chi connectivity index (χ3v) is 7.08. The number of carbonyl (C=O) groups is 2. The van der Waals surface area contributed by atoms with Gasteiger partial charge in [-0.3, -0.25) is 9.59 Å². The Morgan fingerprint density at radius 2 is 1.54 bits per heavy atom. The zero-order valence-corrected chi connectivity index (χ0v) is 22.8. The number of benzene rings is 3. The first-order valence-corrected chi connectivity index (χ1v) is 13.7. The molecule has 2 aliphatic heterocycles. The molecular formula is C32H37FN2O4. The fourth-order valence-corrected chi connectivity index (χ4v) is 4.84. The van der Waals surface area contributed by atoms with Crippen molar-refractivity contribution in [3.05, 3.63) is 83.2 Å². The number of Topliss-reactive ketones (excluding diaryl/α,β-unsaturated/α-hetero) is 1. The molecule has 0 aromatic heterocycles. The van der Waals surface area contributed by atoms with Crippen molar-refractivity contribution >= 4 is 11.7 Å². The Labute approximate surface area is 229 Å². The van der Waals surface area contributed by atoms with E-state index in [1.807, 2.05) is 18.2 Å². The van der Waals surface area contributed by atoms with Crippen molar-refractivity contribution in [2.24, 2.45) is 5.73 Å². The number of primary amides is 1. The molecule has 0 bridgehead atoms. The second kappa shape index (κ2) is 13.4. The van der Waals surface area contributed by atoms with Gasteiger partial charge in [0.15, 0.2) is 17.3 Å². The minimum Gasteiger partial charge on any atom is -0.486 e. The molecule has 0 unspecified atom stereocenters. The number of nitrogens with two attached hydrogens (primary N) is 1. The van der Waals surface area contributed by atoms with Crippen LogP contribution >= 0.6 is 0 Å². The van der Waals surface area contributed by atoms with Gasteiger partial charge in [0, 0.05) is 5.56 Å². The minimum absolute atomic E-state index is 0.273. The fourth-order valence-electron chi connectivity index (χ4n) is 4.84. The van der Waals surface area contributed by atoms with Crippen LogP contribution in [0.25, 0.3) is 11.1 Å². The van der Waals surface area contributed by atoms with Crippen molar-refractivity contribution in [1.29, 1.82) is 0 Å². The predicted octanol–water partition coefficient (Wildman–Crippen LogP) is 5.77. The van der Waals surface area contributed by atoms with Crippen LogP contribution in [-0.4, -0.2) is 49.4 Å². The average Bonchev–Trinajstić information content (AvgIpc) is 3.47. The summed E-state index contributed by atoms with van der Waals surface area (Å²) in [4.78, 5) is 24.7. The number of rotatable bonds is 8. The van der Waals surface area contributed by atoms with Crippen molar-refractivity contribution < 1.29 is 23.5 Å². The van der Waals surface area contributed by atoms with Gasteiger partial charge in [0.05, 0.1) is 0 Å². The van der Waals surface area contributed by atoms with Gasteiger partial charge < -0.3 is 20.1 Å². The van der Waals surface area contributed by atoms with E-state index in [9.17, 15) is 14.0 Å². The van der Waals surface area contributed by atoms with Crippen molar-refractivity contribution in [2.45, 2.75) is 45.4 Å². The minimum atomic E-state index is -0.931. The third-order valence-electron chi connectivity index (χ3n) is 7.08. The Morgan fingerprint density at radius 1 is 0.923 bits per heavy atom. The molecular weight excluding hydrogens is 495 g/mol. The van der Waals surface area contributed by atoms with Gasteiger partial charge in [0.25, 0.3) is 5.91 Å². The molecule has 6 nitrogen and oxygen atoms in total. The van der Waals surface area contributed by atoms with Crippen LogP contribution in [0.1, 0.15) is 60.5 Å². The summed E-state index contributed by atoms with van der Waals surface area (Å²) in [6.45, 7) is 8.78. The molecule has 7 heteroatoms. The van der Waals surface area contributed by atoms with E-state index in [0.717, 1.165) is 36.1 Å². The van der Waals surface area contributed by atoms with Crippen LogP contribution in [0.15, 0.2) is 60.7 Å². The van der Waals surface area contributed by atoms with Crippen LogP contribution in [-0.2, 0) is 11.2 Å². The molecule has 5 rings (SSSR count). The smallest absolute Gasteiger partial charge is 0.289 e. The summed E-state index contributed by atoms with van der Waals surface area (Å²) in [5.41, 5.74) is 9.66. The van der Waals surface area contributed by atoms with E-state index >= 15 is 0 Å². The first-order chi connectivity index (χ1) is 18.8. The summed E-state index contributed by atoms with van der Waals surface area (Å²) < 4.78 is 24.6. The number of hydrogen-bond acceptors (Lipinski definition) is 5. The number of fused-ring (bicyclic) bond motifs is 1. The Hall–Kier alpha value is -3.71. The topological polar surface area (TPSA) is 81.9 Å². The molecule has 3 aromatic carbocycles. The maximum atomic E-state index is 13.8. The van der Waals surface area contributed by atoms with Crippen molar-refractivity contribution in [2.75, 3.05) is 32.8 Å². The second-order valence-corrected chi connectivity index (χ2v) is 10.3. The summed E-state index contributed by atoms with van der Waals surface area (Å²) in [7, 11) is 0. The molecule has 1 fully saturated rings. The summed E-state index contributed by atoms with van der Waals surface area (Å²) in [6.07, 6.45) is 4.60. The van der Waals surface area contributed by atoms with Crippen LogP contribution in [0.2, 0.25) is 0 Å². The zero-order chi connectivity index (χ0) is 27.8. The van der Waals surface area contributed by atoms with Gasteiger partial charge in [0.2, 0.25) is 5.78 Å². The molecule has 0 spiro atoms. The van der Waals surface area contributed by atoms with Crippen molar-refractivity contribution in [3.8, 4) is 22.6 Å². The molecule has 2 N–H and O–H groups in total. The highest BCUT2D eigenvalue weighted by molar-refractivity contribution is 6.42. The standard InChI is InChI=1S/C17H17NO2.C15H20FNO2/c1-11(2)12-3-5-13(6-4-12)14-7-9-15(10-8-14)16(19)17(18)20;16-13-10-12(4-3-7-17-5-1-2-6-17)11-14-15(13)19-9-8-18-14/h3-11H,1-2H3,(H2,18,20);10-11H,1-9H2. The average molecular weight is 533 g/mol. The van der Waals surface area contributed by atoms with E-state index in [1.54, 1.807) is 18.2 Å². The van der Waals surface area contributed by atoms with Gasteiger partial charge in [-0.1, -0.05) is 62.4 Å². The van der Waals surface area contributed by atoms with Crippen molar-refractivity contribution in [1.82, 2.24) is 4.90 Å². The number of carbonyl (C=O) groups excluding carboxylic acids is 2. The van der Waals surface area contributed by atoms with Gasteiger partial charge in [0.1, 0.15) is 13.2 Å². The number of amides is 1. The largest absolute Gasteiger partial charge is 0.486 e. The van der Waals surface area contributed by atoms with E-state index < -0.39 is 11.7 Å². The maximum absolute atomic E-state index is 13.8. The van der Waals surface area contributed by atoms with Gasteiger partial charge in [-0.25, -0.2) is 4.39 Å². The first kappa shape index (κ1) is 28.3. The molecule has 0 atom stereocenters. The van der Waals surface area contributed by atoms with E-state index in [2.05, 4.69) is 43.0 Å². The molecule has 206 valence electrons. The van der Waals surface area contributed by atoms with Crippen molar-refractivity contribution in [3.63, 3.8) is 0 Å². The number of ketones is 1. The summed E-state index contributed by atoms with van der Waals surface area (Å²) >= 11 is 0. The van der Waals surface area contributed by atoms with E-state index in [0.29, 0.717) is 30.4 Å². The molecule has 1 saturated heterocycles. The van der Waals surface area contributed by atoms with E-state index in [4.69, 9.17) is 15.2 Å². The monoisotopic (exact) mass is 532 g/mol. The Bertz CT molecular complexity index is 1270. The first-order valence-electron chi connectivity index (χ1n) is 13.7. The van der Waals surface area contributed by atoms with Crippen LogP contribution in [0.4, 0.5) is 4.39 Å². The number of nitrogens with zero attached hydrogens (tertiary/aromatic N) is 1. The van der Waals surface area contributed by atoms with E-state index in [-0.39, 0.29) is 11.6 Å². The van der Waals surface area contributed by atoms with Crippen LogP contribution in [0.3, 0.4) is 0 Å². The molecule has 0 aliphatic carbocycles. The molecule has 3 aromatic rings. The van der Waals surface area contributed by atoms with E-state index in [1.165, 1.54) is 31.5 Å². The highest BCUT2D eigenvalue weighted by atomic mass is 19.1. The molecule has 1 amide bonds. The maximum Gasteiger partial charge on any atom is 0.289 e. The molecule has 2 heterocycles. The molecule has 0 saturated carbocycles. The SMILES string of the molecule is CC(C)c1ccc(-c2ccc(C(=O)C(N)=O)cc2)cc1.Fc1cc(CCCN2CCCC2)cc2c1OCCO2. The second-order valence-electron chi connectivity index (χ2n) is 10.3. The van der Waals surface area contributed by atoms with Gasteiger partial charge in [-0.2, -0.15) is 0 Å². The number of halogens is 1. The Kier molecular flexibility index (Phi) is 9.71. The fraction of sp³-hybridized carbons (Fsp3) is 0.375. The van der Waals surface area contributed by atoms with Crippen LogP contribution in [0, 0.1) is 5.82 Å². The quantitative estimate of drug-likeness (QED) is 0.294. The molecule has 39 heavy (non-hydrogen) atoms. The van der Waals surface area contributed by atoms with Crippen LogP contribution in [0.5, 0.6) is 11.5 Å². The number of likely N-dealkylation sites (tertiary alicyclic amines) is 1. The lowest BCUT2D eigenvalue weighted by Crippen LogP contribution is -2.22. The lowest BCUT2D eigenvalue weighted by atomic mass is 9.98. The lowest BCUT2D eigenvalue weighted by molar-refractivity contribution is -0.114. The predicted molar refractivity (Wildman–Crippen MR) is 151 cm³/mol. The van der Waals surface area contributed by atoms with Gasteiger partial charge >= 0.3 is 0 Å². The Morgan fingerprint density at radius 3 is 2.15 bits per heavy atom. The molecule has 0 radical (unpaired) electrons. The van der Waals surface area contributed by atoms with Gasteiger partial charge in [-0.05, 0) is 85.6 Å². The highest BCUT2D eigenvalue weighted by Crippen LogP contribution is 2.34. The third kappa shape index (κ3) is 7.67. The van der Waals surface area contributed by atoms with Gasteiger partial charge in [-0.15, -0.1) is 0 Å². The zero-order valence-electron chi connectivity index (χ0n) is 22.8.